The Hall–Kier alpha value is -1.19. The standard InChI is InChI=1S/C6H10N2O2/c1-3-9-6-4-7-10-8-5(6)2/h4,8H,3H2,1-2H3. The molecule has 4 heteroatoms. The molecule has 0 saturated heterocycles. The molecule has 0 aromatic rings. The van der Waals surface area contributed by atoms with Crippen molar-refractivity contribution in [1.82, 2.24) is 5.48 Å². The fourth-order valence-corrected chi connectivity index (χ4v) is 0.617. The van der Waals surface area contributed by atoms with Crippen LogP contribution in [0.1, 0.15) is 13.8 Å². The topological polar surface area (TPSA) is 42.8 Å². The molecule has 1 aliphatic rings. The fourth-order valence-electron chi connectivity index (χ4n) is 0.617. The third-order valence-corrected chi connectivity index (χ3v) is 1.09. The maximum absolute atomic E-state index is 5.18. The molecule has 0 saturated carbocycles. The van der Waals surface area contributed by atoms with Crippen LogP contribution < -0.4 is 5.48 Å². The first-order valence-corrected chi connectivity index (χ1v) is 3.13. The average Bonchev–Trinajstić information content (AvgIpc) is 1.94. The lowest BCUT2D eigenvalue weighted by atomic mass is 10.4. The predicted molar refractivity (Wildman–Crippen MR) is 37.0 cm³/mol. The summed E-state index contributed by atoms with van der Waals surface area (Å²) >= 11 is 0. The summed E-state index contributed by atoms with van der Waals surface area (Å²) in [4.78, 5) is 4.54. The van der Waals surface area contributed by atoms with Gasteiger partial charge in [-0.2, -0.15) is 5.48 Å². The van der Waals surface area contributed by atoms with Gasteiger partial charge in [0.2, 0.25) is 0 Å². The molecule has 0 amide bonds. The van der Waals surface area contributed by atoms with E-state index in [1.165, 1.54) is 6.21 Å². The molecule has 0 atom stereocenters. The molecule has 0 unspecified atom stereocenters. The zero-order valence-electron chi connectivity index (χ0n) is 6.05. The summed E-state index contributed by atoms with van der Waals surface area (Å²) in [5.41, 5.74) is 3.42. The largest absolute Gasteiger partial charge is 0.490 e. The first-order chi connectivity index (χ1) is 4.84. The van der Waals surface area contributed by atoms with Crippen LogP contribution in [0, 0.1) is 0 Å². The van der Waals surface area contributed by atoms with Crippen molar-refractivity contribution in [2.45, 2.75) is 13.8 Å². The van der Waals surface area contributed by atoms with Crippen LogP contribution in [0.3, 0.4) is 0 Å². The summed E-state index contributed by atoms with van der Waals surface area (Å²) in [6.45, 7) is 4.42. The minimum Gasteiger partial charge on any atom is -0.490 e. The van der Waals surface area contributed by atoms with Crippen molar-refractivity contribution in [3.8, 4) is 0 Å². The number of nitrogens with zero attached hydrogens (tertiary/aromatic N) is 1. The Kier molecular flexibility index (Phi) is 2.15. The van der Waals surface area contributed by atoms with E-state index in [2.05, 4.69) is 15.6 Å². The van der Waals surface area contributed by atoms with Crippen molar-refractivity contribution in [3.05, 3.63) is 11.5 Å². The van der Waals surface area contributed by atoms with E-state index < -0.39 is 0 Å². The second-order valence-electron chi connectivity index (χ2n) is 1.85. The van der Waals surface area contributed by atoms with Crippen molar-refractivity contribution in [1.29, 1.82) is 0 Å². The maximum atomic E-state index is 5.18. The highest BCUT2D eigenvalue weighted by molar-refractivity contribution is 5.76. The highest BCUT2D eigenvalue weighted by Gasteiger charge is 2.04. The zero-order chi connectivity index (χ0) is 7.40. The Balaban J connectivity index is 2.60. The van der Waals surface area contributed by atoms with E-state index in [-0.39, 0.29) is 0 Å². The van der Waals surface area contributed by atoms with Crippen LogP contribution in [0.5, 0.6) is 0 Å². The summed E-state index contributed by atoms with van der Waals surface area (Å²) in [6.07, 6.45) is 1.54. The van der Waals surface area contributed by atoms with Gasteiger partial charge in [0.05, 0.1) is 12.3 Å². The molecule has 4 nitrogen and oxygen atoms in total. The summed E-state index contributed by atoms with van der Waals surface area (Å²) in [5, 5.41) is 3.51. The van der Waals surface area contributed by atoms with Crippen molar-refractivity contribution in [2.24, 2.45) is 5.16 Å². The van der Waals surface area contributed by atoms with Crippen LogP contribution in [-0.2, 0) is 9.68 Å². The lowest BCUT2D eigenvalue weighted by Crippen LogP contribution is -2.17. The number of hydroxylamine groups is 1. The lowest BCUT2D eigenvalue weighted by molar-refractivity contribution is 0.0581. The van der Waals surface area contributed by atoms with Crippen molar-refractivity contribution >= 4 is 6.21 Å². The minimum absolute atomic E-state index is 0.639. The predicted octanol–water partition coefficient (Wildman–Crippen LogP) is 0.775. The second kappa shape index (κ2) is 3.10. The molecule has 0 fully saturated rings. The summed E-state index contributed by atoms with van der Waals surface area (Å²) in [5.74, 6) is 0.730. The molecule has 56 valence electrons. The van der Waals surface area contributed by atoms with Gasteiger partial charge in [-0.1, -0.05) is 5.16 Å². The number of allylic oxidation sites excluding steroid dienone is 2. The number of nitrogens with one attached hydrogen (secondary N) is 1. The number of rotatable bonds is 2. The van der Waals surface area contributed by atoms with Crippen molar-refractivity contribution in [2.75, 3.05) is 6.61 Å². The highest BCUT2D eigenvalue weighted by Crippen LogP contribution is 2.03. The third-order valence-electron chi connectivity index (χ3n) is 1.09. The van der Waals surface area contributed by atoms with Gasteiger partial charge in [0.1, 0.15) is 6.21 Å². The molecule has 0 spiro atoms. The van der Waals surface area contributed by atoms with Gasteiger partial charge in [-0.3, -0.25) is 4.94 Å². The molecule has 1 rings (SSSR count). The second-order valence-corrected chi connectivity index (χ2v) is 1.85. The van der Waals surface area contributed by atoms with Crippen molar-refractivity contribution < 1.29 is 9.68 Å². The Labute approximate surface area is 59.4 Å². The Morgan fingerprint density at radius 1 is 1.80 bits per heavy atom. The van der Waals surface area contributed by atoms with Crippen molar-refractivity contribution in [3.63, 3.8) is 0 Å². The quantitative estimate of drug-likeness (QED) is 0.619. The van der Waals surface area contributed by atoms with Crippen LogP contribution in [-0.4, -0.2) is 12.8 Å². The van der Waals surface area contributed by atoms with E-state index >= 15 is 0 Å². The Morgan fingerprint density at radius 2 is 2.60 bits per heavy atom. The first kappa shape index (κ1) is 6.92. The van der Waals surface area contributed by atoms with E-state index in [0.29, 0.717) is 6.61 Å². The molecule has 1 aliphatic heterocycles. The highest BCUT2D eigenvalue weighted by atomic mass is 16.8. The van der Waals surface area contributed by atoms with Crippen LogP contribution in [0.15, 0.2) is 16.6 Å². The van der Waals surface area contributed by atoms with Gasteiger partial charge in [0.25, 0.3) is 0 Å². The van der Waals surface area contributed by atoms with Gasteiger partial charge in [-0.25, -0.2) is 0 Å². The van der Waals surface area contributed by atoms with Gasteiger partial charge < -0.3 is 4.74 Å². The SMILES string of the molecule is CCOC1=C(C)NON=C1. The summed E-state index contributed by atoms with van der Waals surface area (Å²) in [6, 6.07) is 0. The average molecular weight is 142 g/mol. The van der Waals surface area contributed by atoms with Gasteiger partial charge in [0, 0.05) is 0 Å². The van der Waals surface area contributed by atoms with Crippen LogP contribution >= 0.6 is 0 Å². The van der Waals surface area contributed by atoms with E-state index in [1.807, 2.05) is 13.8 Å². The number of ether oxygens (including phenoxy) is 1. The van der Waals surface area contributed by atoms with Gasteiger partial charge in [0.15, 0.2) is 5.76 Å². The Bertz CT molecular complexity index is 175. The molecule has 0 radical (unpaired) electrons. The number of oxime groups is 1. The van der Waals surface area contributed by atoms with Crippen LogP contribution in [0.25, 0.3) is 0 Å². The van der Waals surface area contributed by atoms with Gasteiger partial charge >= 0.3 is 0 Å². The maximum Gasteiger partial charge on any atom is 0.162 e. The summed E-state index contributed by atoms with van der Waals surface area (Å²) < 4.78 is 5.18. The molecule has 1 N–H and O–H groups in total. The molecular formula is C6H10N2O2. The van der Waals surface area contributed by atoms with E-state index in [4.69, 9.17) is 4.74 Å². The molecular weight excluding hydrogens is 132 g/mol. The molecule has 10 heavy (non-hydrogen) atoms. The normalized spacial score (nSPS) is 16.2. The Morgan fingerprint density at radius 3 is 3.20 bits per heavy atom. The molecule has 0 bridgehead atoms. The third kappa shape index (κ3) is 1.40. The first-order valence-electron chi connectivity index (χ1n) is 3.13. The number of hydrogen-bond donors (Lipinski definition) is 1. The lowest BCUT2D eigenvalue weighted by Gasteiger charge is -2.12. The van der Waals surface area contributed by atoms with Crippen LogP contribution in [0.2, 0.25) is 0 Å². The zero-order valence-corrected chi connectivity index (χ0v) is 6.05. The van der Waals surface area contributed by atoms with Gasteiger partial charge in [-0.15, -0.1) is 0 Å². The van der Waals surface area contributed by atoms with E-state index in [0.717, 1.165) is 11.5 Å². The molecule has 0 aromatic heterocycles. The summed E-state index contributed by atoms with van der Waals surface area (Å²) in [7, 11) is 0. The molecule has 1 heterocycles. The molecule has 0 aromatic carbocycles. The van der Waals surface area contributed by atoms with E-state index in [9.17, 15) is 0 Å². The van der Waals surface area contributed by atoms with Gasteiger partial charge in [-0.05, 0) is 13.8 Å². The van der Waals surface area contributed by atoms with E-state index in [1.54, 1.807) is 0 Å². The minimum atomic E-state index is 0.639. The van der Waals surface area contributed by atoms with Crippen LogP contribution in [0.4, 0.5) is 0 Å². The smallest absolute Gasteiger partial charge is 0.162 e. The monoisotopic (exact) mass is 142 g/mol. The fraction of sp³-hybridized carbons (Fsp3) is 0.500. The molecule has 0 aliphatic carbocycles. The number of hydrogen-bond acceptors (Lipinski definition) is 4.